The number of amides is 1. The Balaban J connectivity index is 2.05. The fraction of sp³-hybridized carbons (Fsp3) is 0.188. The summed E-state index contributed by atoms with van der Waals surface area (Å²) in [5.74, 6) is -0.425. The number of anilines is 2. The Kier molecular flexibility index (Phi) is 4.77. The molecule has 0 radical (unpaired) electrons. The standard InChI is InChI=1S/C16H18FN3O/c1-19-16(21)14-6-5-13(18)10-15(14)20-8-7-11-3-2-4-12(17)9-11/h2-6,9-10,20H,7-8,18H2,1H3,(H,19,21). The second-order valence-electron chi connectivity index (χ2n) is 4.69. The number of halogens is 1. The van der Waals surface area contributed by atoms with E-state index in [1.807, 2.05) is 6.07 Å². The molecule has 2 rings (SSSR count). The molecule has 0 bridgehead atoms. The van der Waals surface area contributed by atoms with Gasteiger partial charge in [-0.1, -0.05) is 12.1 Å². The van der Waals surface area contributed by atoms with E-state index >= 15 is 0 Å². The quantitative estimate of drug-likeness (QED) is 0.740. The molecule has 0 aliphatic carbocycles. The monoisotopic (exact) mass is 287 g/mol. The molecule has 0 heterocycles. The van der Waals surface area contributed by atoms with Crippen LogP contribution in [-0.4, -0.2) is 19.5 Å². The summed E-state index contributed by atoms with van der Waals surface area (Å²) in [4.78, 5) is 11.8. The SMILES string of the molecule is CNC(=O)c1ccc(N)cc1NCCc1cccc(F)c1. The van der Waals surface area contributed by atoms with Crippen molar-refractivity contribution >= 4 is 17.3 Å². The van der Waals surface area contributed by atoms with E-state index < -0.39 is 0 Å². The summed E-state index contributed by atoms with van der Waals surface area (Å²) in [7, 11) is 1.58. The van der Waals surface area contributed by atoms with Crippen LogP contribution < -0.4 is 16.4 Å². The maximum absolute atomic E-state index is 13.1. The van der Waals surface area contributed by atoms with Crippen LogP contribution in [0.15, 0.2) is 42.5 Å². The van der Waals surface area contributed by atoms with Gasteiger partial charge in [0.1, 0.15) is 5.82 Å². The molecule has 0 aliphatic rings. The molecule has 0 fully saturated rings. The number of benzene rings is 2. The highest BCUT2D eigenvalue weighted by Gasteiger charge is 2.09. The average molecular weight is 287 g/mol. The zero-order valence-electron chi connectivity index (χ0n) is 11.8. The zero-order chi connectivity index (χ0) is 15.2. The van der Waals surface area contributed by atoms with Gasteiger partial charge in [0.25, 0.3) is 5.91 Å². The Morgan fingerprint density at radius 3 is 2.76 bits per heavy atom. The molecule has 110 valence electrons. The first kappa shape index (κ1) is 14.8. The van der Waals surface area contributed by atoms with Gasteiger partial charge < -0.3 is 16.4 Å². The Hall–Kier alpha value is -2.56. The van der Waals surface area contributed by atoms with Crippen molar-refractivity contribution in [2.75, 3.05) is 24.6 Å². The summed E-state index contributed by atoms with van der Waals surface area (Å²) < 4.78 is 13.1. The van der Waals surface area contributed by atoms with E-state index in [-0.39, 0.29) is 11.7 Å². The van der Waals surface area contributed by atoms with Crippen LogP contribution >= 0.6 is 0 Å². The van der Waals surface area contributed by atoms with Crippen LogP contribution in [0.5, 0.6) is 0 Å². The molecule has 21 heavy (non-hydrogen) atoms. The van der Waals surface area contributed by atoms with Crippen LogP contribution in [-0.2, 0) is 6.42 Å². The summed E-state index contributed by atoms with van der Waals surface area (Å²) in [5.41, 5.74) is 8.43. The van der Waals surface area contributed by atoms with E-state index in [9.17, 15) is 9.18 Å². The maximum atomic E-state index is 13.1. The predicted octanol–water partition coefficient (Wildman–Crippen LogP) is 2.42. The Morgan fingerprint density at radius 1 is 1.24 bits per heavy atom. The van der Waals surface area contributed by atoms with Crippen molar-refractivity contribution in [3.05, 3.63) is 59.4 Å². The summed E-state index contributed by atoms with van der Waals surface area (Å²) in [6, 6.07) is 11.5. The Morgan fingerprint density at radius 2 is 2.05 bits per heavy atom. The molecule has 2 aromatic rings. The van der Waals surface area contributed by atoms with Crippen molar-refractivity contribution in [2.24, 2.45) is 0 Å². The molecule has 0 saturated heterocycles. The lowest BCUT2D eigenvalue weighted by atomic mass is 10.1. The fourth-order valence-electron chi connectivity index (χ4n) is 2.07. The number of nitrogen functional groups attached to an aromatic ring is 1. The molecular weight excluding hydrogens is 269 g/mol. The summed E-state index contributed by atoms with van der Waals surface area (Å²) in [5, 5.41) is 5.76. The highest BCUT2D eigenvalue weighted by Crippen LogP contribution is 2.19. The molecule has 0 saturated carbocycles. The van der Waals surface area contributed by atoms with Crippen molar-refractivity contribution < 1.29 is 9.18 Å². The fourth-order valence-corrected chi connectivity index (χ4v) is 2.07. The topological polar surface area (TPSA) is 67.2 Å². The van der Waals surface area contributed by atoms with Gasteiger partial charge in [0.05, 0.1) is 5.56 Å². The van der Waals surface area contributed by atoms with Gasteiger partial charge >= 0.3 is 0 Å². The number of rotatable bonds is 5. The number of carbonyl (C=O) groups excluding carboxylic acids is 1. The van der Waals surface area contributed by atoms with Crippen molar-refractivity contribution in [3.63, 3.8) is 0 Å². The third-order valence-corrected chi connectivity index (χ3v) is 3.13. The molecule has 5 heteroatoms. The lowest BCUT2D eigenvalue weighted by Gasteiger charge is -2.12. The van der Waals surface area contributed by atoms with E-state index in [0.29, 0.717) is 29.9 Å². The van der Waals surface area contributed by atoms with Crippen LogP contribution in [0, 0.1) is 5.82 Å². The number of nitrogens with two attached hydrogens (primary N) is 1. The van der Waals surface area contributed by atoms with Gasteiger partial charge in [-0.2, -0.15) is 0 Å². The average Bonchev–Trinajstić information content (AvgIpc) is 2.47. The number of nitrogens with one attached hydrogen (secondary N) is 2. The number of hydrogen-bond donors (Lipinski definition) is 3. The molecule has 0 atom stereocenters. The Labute approximate surface area is 123 Å². The third-order valence-electron chi connectivity index (χ3n) is 3.13. The van der Waals surface area contributed by atoms with Crippen LogP contribution in [0.2, 0.25) is 0 Å². The second-order valence-corrected chi connectivity index (χ2v) is 4.69. The summed E-state index contributed by atoms with van der Waals surface area (Å²) in [6.45, 7) is 0.580. The van der Waals surface area contributed by atoms with Crippen LogP contribution in [0.25, 0.3) is 0 Å². The third kappa shape index (κ3) is 3.95. The highest BCUT2D eigenvalue weighted by molar-refractivity contribution is 6.00. The summed E-state index contributed by atoms with van der Waals surface area (Å²) >= 11 is 0. The molecule has 0 aliphatic heterocycles. The molecule has 0 unspecified atom stereocenters. The first-order valence-electron chi connectivity index (χ1n) is 6.70. The highest BCUT2D eigenvalue weighted by atomic mass is 19.1. The van der Waals surface area contributed by atoms with E-state index in [4.69, 9.17) is 5.73 Å². The van der Waals surface area contributed by atoms with Crippen molar-refractivity contribution in [2.45, 2.75) is 6.42 Å². The normalized spacial score (nSPS) is 10.2. The largest absolute Gasteiger partial charge is 0.399 e. The molecule has 4 nitrogen and oxygen atoms in total. The number of carbonyl (C=O) groups is 1. The van der Waals surface area contributed by atoms with Gasteiger partial charge in [0, 0.05) is 25.0 Å². The van der Waals surface area contributed by atoms with Gasteiger partial charge in [-0.05, 0) is 42.3 Å². The summed E-state index contributed by atoms with van der Waals surface area (Å²) in [6.07, 6.45) is 0.653. The lowest BCUT2D eigenvalue weighted by Crippen LogP contribution is -2.20. The van der Waals surface area contributed by atoms with E-state index in [1.54, 1.807) is 31.3 Å². The van der Waals surface area contributed by atoms with Gasteiger partial charge in [-0.25, -0.2) is 4.39 Å². The first-order chi connectivity index (χ1) is 10.1. The van der Waals surface area contributed by atoms with Crippen molar-refractivity contribution in [1.29, 1.82) is 0 Å². The van der Waals surface area contributed by atoms with Crippen LogP contribution in [0.4, 0.5) is 15.8 Å². The maximum Gasteiger partial charge on any atom is 0.253 e. The minimum atomic E-state index is -0.248. The molecule has 0 aromatic heterocycles. The van der Waals surface area contributed by atoms with Gasteiger partial charge in [0.2, 0.25) is 0 Å². The van der Waals surface area contributed by atoms with Crippen molar-refractivity contribution in [1.82, 2.24) is 5.32 Å². The minimum absolute atomic E-state index is 0.178. The first-order valence-corrected chi connectivity index (χ1v) is 6.70. The molecule has 2 aromatic carbocycles. The van der Waals surface area contributed by atoms with E-state index in [2.05, 4.69) is 10.6 Å². The second kappa shape index (κ2) is 6.74. The molecule has 1 amide bonds. The van der Waals surface area contributed by atoms with Gasteiger partial charge in [-0.3, -0.25) is 4.79 Å². The van der Waals surface area contributed by atoms with Crippen LogP contribution in [0.1, 0.15) is 15.9 Å². The zero-order valence-corrected chi connectivity index (χ0v) is 11.8. The Bertz CT molecular complexity index is 643. The van der Waals surface area contributed by atoms with Crippen LogP contribution in [0.3, 0.4) is 0 Å². The number of hydrogen-bond acceptors (Lipinski definition) is 3. The smallest absolute Gasteiger partial charge is 0.253 e. The predicted molar refractivity (Wildman–Crippen MR) is 82.8 cm³/mol. The van der Waals surface area contributed by atoms with Gasteiger partial charge in [0.15, 0.2) is 0 Å². The minimum Gasteiger partial charge on any atom is -0.399 e. The molecular formula is C16H18FN3O. The van der Waals surface area contributed by atoms with E-state index in [0.717, 1.165) is 5.56 Å². The van der Waals surface area contributed by atoms with E-state index in [1.165, 1.54) is 12.1 Å². The lowest BCUT2D eigenvalue weighted by molar-refractivity contribution is 0.0964. The molecule has 4 N–H and O–H groups in total. The van der Waals surface area contributed by atoms with Gasteiger partial charge in [-0.15, -0.1) is 0 Å². The van der Waals surface area contributed by atoms with Crippen molar-refractivity contribution in [3.8, 4) is 0 Å². The molecule has 0 spiro atoms.